The van der Waals surface area contributed by atoms with Gasteiger partial charge in [0.2, 0.25) is 0 Å². The summed E-state index contributed by atoms with van der Waals surface area (Å²) in [5, 5.41) is 8.96. The molecule has 1 aromatic carbocycles. The summed E-state index contributed by atoms with van der Waals surface area (Å²) in [6.45, 7) is 5.10. The fourth-order valence-electron chi connectivity index (χ4n) is 4.34. The van der Waals surface area contributed by atoms with Gasteiger partial charge >= 0.3 is 0 Å². The van der Waals surface area contributed by atoms with Gasteiger partial charge in [-0.15, -0.1) is 0 Å². The van der Waals surface area contributed by atoms with E-state index in [4.69, 9.17) is 10.00 Å². The molecule has 134 valence electrons. The van der Waals surface area contributed by atoms with Crippen LogP contribution < -0.4 is 0 Å². The Morgan fingerprint density at radius 2 is 2.04 bits per heavy atom. The number of rotatable bonds is 6. The van der Waals surface area contributed by atoms with Crippen LogP contribution in [0.2, 0.25) is 0 Å². The van der Waals surface area contributed by atoms with Crippen molar-refractivity contribution in [1.29, 1.82) is 5.26 Å². The molecule has 0 radical (unpaired) electrons. The summed E-state index contributed by atoms with van der Waals surface area (Å²) in [7, 11) is 0. The molecule has 3 heterocycles. The number of ether oxygens (including phenoxy) is 1. The average Bonchev–Trinajstić information content (AvgIpc) is 3.03. The van der Waals surface area contributed by atoms with E-state index in [1.54, 1.807) is 0 Å². The number of benzene rings is 1. The van der Waals surface area contributed by atoms with E-state index in [-0.39, 0.29) is 0 Å². The van der Waals surface area contributed by atoms with Crippen molar-refractivity contribution in [2.24, 2.45) is 11.3 Å². The normalized spacial score (nSPS) is 23.5. The molecule has 2 fully saturated rings. The highest BCUT2D eigenvalue weighted by Gasteiger charge is 2.46. The maximum absolute atomic E-state index is 8.96. The summed E-state index contributed by atoms with van der Waals surface area (Å²) in [6, 6.07) is 14.4. The van der Waals surface area contributed by atoms with Crippen molar-refractivity contribution in [2.75, 3.05) is 26.3 Å². The highest BCUT2D eigenvalue weighted by molar-refractivity contribution is 5.31. The van der Waals surface area contributed by atoms with E-state index in [2.05, 4.69) is 34.2 Å². The molecule has 0 aliphatic carbocycles. The molecular weight excluding hydrogens is 322 g/mol. The van der Waals surface area contributed by atoms with E-state index in [9.17, 15) is 0 Å². The van der Waals surface area contributed by atoms with Gasteiger partial charge in [-0.25, -0.2) is 0 Å². The van der Waals surface area contributed by atoms with Crippen LogP contribution in [-0.2, 0) is 17.7 Å². The number of likely N-dealkylation sites (tertiary alicyclic amines) is 1. The number of nitriles is 1. The van der Waals surface area contributed by atoms with Crippen molar-refractivity contribution < 1.29 is 4.74 Å². The first-order chi connectivity index (χ1) is 12.8. The molecule has 2 aliphatic heterocycles. The third kappa shape index (κ3) is 3.65. The van der Waals surface area contributed by atoms with Gasteiger partial charge in [0, 0.05) is 31.4 Å². The van der Waals surface area contributed by atoms with Crippen molar-refractivity contribution in [1.82, 2.24) is 9.88 Å². The summed E-state index contributed by atoms with van der Waals surface area (Å²) in [5.74, 6) is 0.680. The number of hydrogen-bond acceptors (Lipinski definition) is 4. The molecule has 0 spiro atoms. The Hall–Kier alpha value is -2.22. The zero-order valence-corrected chi connectivity index (χ0v) is 15.1. The first-order valence-corrected chi connectivity index (χ1v) is 9.45. The van der Waals surface area contributed by atoms with Crippen LogP contribution in [0.1, 0.15) is 29.5 Å². The van der Waals surface area contributed by atoms with E-state index in [1.165, 1.54) is 24.0 Å². The minimum atomic E-state index is 0.356. The summed E-state index contributed by atoms with van der Waals surface area (Å²) in [5.41, 5.74) is 3.71. The lowest BCUT2D eigenvalue weighted by Gasteiger charge is -2.43. The number of aromatic nitrogens is 1. The van der Waals surface area contributed by atoms with Crippen LogP contribution in [0, 0.1) is 22.7 Å². The van der Waals surface area contributed by atoms with Crippen LogP contribution in [0.4, 0.5) is 0 Å². The van der Waals surface area contributed by atoms with Crippen molar-refractivity contribution in [3.8, 4) is 6.07 Å². The van der Waals surface area contributed by atoms with Gasteiger partial charge in [-0.05, 0) is 60.5 Å². The van der Waals surface area contributed by atoms with Crippen molar-refractivity contribution in [3.05, 3.63) is 65.5 Å². The maximum Gasteiger partial charge on any atom is 0.0991 e. The monoisotopic (exact) mass is 347 g/mol. The molecule has 1 aromatic heterocycles. The summed E-state index contributed by atoms with van der Waals surface area (Å²) in [6.07, 6.45) is 7.32. The quantitative estimate of drug-likeness (QED) is 0.803. The van der Waals surface area contributed by atoms with Crippen LogP contribution in [0.5, 0.6) is 0 Å². The Morgan fingerprint density at radius 3 is 2.69 bits per heavy atom. The molecule has 1 unspecified atom stereocenters. The van der Waals surface area contributed by atoms with Crippen molar-refractivity contribution in [2.45, 2.75) is 25.8 Å². The van der Waals surface area contributed by atoms with Gasteiger partial charge in [0.05, 0.1) is 24.8 Å². The predicted octanol–water partition coefficient (Wildman–Crippen LogP) is 3.42. The standard InChI is InChI=1S/C22H25N3O/c23-12-19-5-3-18(4-6-19)7-8-22(21-15-26-16-21)9-11-25(17-22)14-20-2-1-10-24-13-20/h1-6,10,13,21H,7-9,11,14-17H2. The minimum absolute atomic E-state index is 0.356. The van der Waals surface area contributed by atoms with Gasteiger partial charge < -0.3 is 4.74 Å². The largest absolute Gasteiger partial charge is 0.381 e. The molecule has 0 amide bonds. The van der Waals surface area contributed by atoms with Crippen LogP contribution in [0.15, 0.2) is 48.8 Å². The highest BCUT2D eigenvalue weighted by atomic mass is 16.5. The molecule has 0 N–H and O–H groups in total. The Bertz CT molecular complexity index is 764. The van der Waals surface area contributed by atoms with E-state index in [0.717, 1.165) is 44.8 Å². The molecule has 4 nitrogen and oxygen atoms in total. The van der Waals surface area contributed by atoms with Crippen LogP contribution >= 0.6 is 0 Å². The molecule has 26 heavy (non-hydrogen) atoms. The molecular formula is C22H25N3O. The summed E-state index contributed by atoms with van der Waals surface area (Å²) >= 11 is 0. The first kappa shape index (κ1) is 17.2. The van der Waals surface area contributed by atoms with E-state index in [0.29, 0.717) is 11.3 Å². The lowest BCUT2D eigenvalue weighted by molar-refractivity contribution is -0.0987. The van der Waals surface area contributed by atoms with Crippen LogP contribution in [0.3, 0.4) is 0 Å². The van der Waals surface area contributed by atoms with Gasteiger partial charge in [0.25, 0.3) is 0 Å². The van der Waals surface area contributed by atoms with Crippen LogP contribution in [0.25, 0.3) is 0 Å². The lowest BCUT2D eigenvalue weighted by Crippen LogP contribution is -2.45. The third-order valence-electron chi connectivity index (χ3n) is 6.09. The molecule has 4 rings (SSSR count). The summed E-state index contributed by atoms with van der Waals surface area (Å²) in [4.78, 5) is 6.82. The maximum atomic E-state index is 8.96. The minimum Gasteiger partial charge on any atom is -0.381 e. The second kappa shape index (κ2) is 7.57. The molecule has 4 heteroatoms. The van der Waals surface area contributed by atoms with Crippen molar-refractivity contribution in [3.63, 3.8) is 0 Å². The van der Waals surface area contributed by atoms with Crippen molar-refractivity contribution >= 4 is 0 Å². The van der Waals surface area contributed by atoms with Gasteiger partial charge in [-0.2, -0.15) is 5.26 Å². The smallest absolute Gasteiger partial charge is 0.0991 e. The molecule has 0 bridgehead atoms. The third-order valence-corrected chi connectivity index (χ3v) is 6.09. The predicted molar refractivity (Wildman–Crippen MR) is 100 cm³/mol. The Morgan fingerprint density at radius 1 is 1.19 bits per heavy atom. The van der Waals surface area contributed by atoms with Gasteiger partial charge in [0.1, 0.15) is 0 Å². The van der Waals surface area contributed by atoms with Gasteiger partial charge in [-0.1, -0.05) is 18.2 Å². The number of pyridine rings is 1. The van der Waals surface area contributed by atoms with E-state index >= 15 is 0 Å². The van der Waals surface area contributed by atoms with Gasteiger partial charge in [0.15, 0.2) is 0 Å². The number of hydrogen-bond donors (Lipinski definition) is 0. The molecule has 2 aliphatic rings. The Balaban J connectivity index is 1.42. The number of aryl methyl sites for hydroxylation is 1. The number of nitrogens with zero attached hydrogens (tertiary/aromatic N) is 3. The fourth-order valence-corrected chi connectivity index (χ4v) is 4.34. The highest BCUT2D eigenvalue weighted by Crippen LogP contribution is 2.45. The van der Waals surface area contributed by atoms with Crippen LogP contribution in [-0.4, -0.2) is 36.2 Å². The Kier molecular flexibility index (Phi) is 5.01. The second-order valence-electron chi connectivity index (χ2n) is 7.73. The zero-order chi connectivity index (χ0) is 17.8. The lowest BCUT2D eigenvalue weighted by atomic mass is 9.70. The summed E-state index contributed by atoms with van der Waals surface area (Å²) < 4.78 is 5.54. The molecule has 2 saturated heterocycles. The molecule has 1 atom stereocenters. The fraction of sp³-hybridized carbons (Fsp3) is 0.455. The van der Waals surface area contributed by atoms with Gasteiger partial charge in [-0.3, -0.25) is 9.88 Å². The SMILES string of the molecule is N#Cc1ccc(CCC2(C3COC3)CCN(Cc3cccnc3)C2)cc1. The van der Waals surface area contributed by atoms with E-state index in [1.807, 2.05) is 30.6 Å². The topological polar surface area (TPSA) is 49.1 Å². The Labute approximate surface area is 155 Å². The van der Waals surface area contributed by atoms with E-state index < -0.39 is 0 Å². The molecule has 0 saturated carbocycles. The molecule has 2 aromatic rings. The second-order valence-corrected chi connectivity index (χ2v) is 7.73. The average molecular weight is 347 g/mol. The zero-order valence-electron chi connectivity index (χ0n) is 15.1. The first-order valence-electron chi connectivity index (χ1n) is 9.45.